The maximum absolute atomic E-state index is 13.3. The standard InChI is InChI=1S/C15H14FN3/c1-19(15-5-3-2-4-12(15)9-17)10-11-6-13(16)8-14(18)7-11/h2-8H,10,18H2,1H3. The van der Waals surface area contributed by atoms with Crippen LogP contribution in [0.15, 0.2) is 42.5 Å². The van der Waals surface area contributed by atoms with Crippen molar-refractivity contribution in [3.05, 3.63) is 59.4 Å². The average molecular weight is 255 g/mol. The lowest BCUT2D eigenvalue weighted by Crippen LogP contribution is -2.17. The normalized spacial score (nSPS) is 9.95. The second kappa shape index (κ2) is 5.40. The van der Waals surface area contributed by atoms with Crippen molar-refractivity contribution in [1.29, 1.82) is 5.26 Å². The molecule has 0 saturated heterocycles. The molecule has 0 aliphatic heterocycles. The van der Waals surface area contributed by atoms with E-state index in [1.54, 1.807) is 12.1 Å². The van der Waals surface area contributed by atoms with Gasteiger partial charge in [-0.1, -0.05) is 12.1 Å². The van der Waals surface area contributed by atoms with E-state index in [0.717, 1.165) is 11.3 Å². The van der Waals surface area contributed by atoms with Gasteiger partial charge >= 0.3 is 0 Å². The molecule has 0 spiro atoms. The molecule has 2 aromatic carbocycles. The monoisotopic (exact) mass is 255 g/mol. The summed E-state index contributed by atoms with van der Waals surface area (Å²) < 4.78 is 13.3. The van der Waals surface area contributed by atoms with Gasteiger partial charge in [0.1, 0.15) is 11.9 Å². The molecule has 0 bridgehead atoms. The van der Waals surface area contributed by atoms with Crippen LogP contribution in [0.2, 0.25) is 0 Å². The Morgan fingerprint density at radius 1 is 1.26 bits per heavy atom. The van der Waals surface area contributed by atoms with Gasteiger partial charge < -0.3 is 10.6 Å². The molecule has 4 heteroatoms. The molecule has 0 aliphatic carbocycles. The summed E-state index contributed by atoms with van der Waals surface area (Å²) in [5.41, 5.74) is 8.19. The van der Waals surface area contributed by atoms with Crippen LogP contribution in [0.1, 0.15) is 11.1 Å². The molecule has 0 unspecified atom stereocenters. The Bertz CT molecular complexity index is 611. The number of nitriles is 1. The highest BCUT2D eigenvalue weighted by molar-refractivity contribution is 5.59. The van der Waals surface area contributed by atoms with Crippen molar-refractivity contribution >= 4 is 11.4 Å². The predicted molar refractivity (Wildman–Crippen MR) is 74.1 cm³/mol. The van der Waals surface area contributed by atoms with Gasteiger partial charge in [-0.15, -0.1) is 0 Å². The van der Waals surface area contributed by atoms with Crippen LogP contribution in [0.5, 0.6) is 0 Å². The van der Waals surface area contributed by atoms with E-state index in [2.05, 4.69) is 6.07 Å². The van der Waals surface area contributed by atoms with E-state index in [4.69, 9.17) is 11.0 Å². The minimum Gasteiger partial charge on any atom is -0.399 e. The fourth-order valence-corrected chi connectivity index (χ4v) is 2.03. The molecule has 19 heavy (non-hydrogen) atoms. The molecule has 0 aliphatic rings. The Labute approximate surface area is 111 Å². The molecule has 2 aromatic rings. The van der Waals surface area contributed by atoms with Crippen LogP contribution < -0.4 is 10.6 Å². The van der Waals surface area contributed by atoms with Crippen LogP contribution in [0.3, 0.4) is 0 Å². The lowest BCUT2D eigenvalue weighted by Gasteiger charge is -2.20. The highest BCUT2D eigenvalue weighted by Gasteiger charge is 2.08. The van der Waals surface area contributed by atoms with Crippen LogP contribution in [0, 0.1) is 17.1 Å². The van der Waals surface area contributed by atoms with Crippen LogP contribution in [-0.2, 0) is 6.54 Å². The summed E-state index contributed by atoms with van der Waals surface area (Å²) in [5.74, 6) is -0.350. The Kier molecular flexibility index (Phi) is 3.67. The number of anilines is 2. The van der Waals surface area contributed by atoms with Crippen molar-refractivity contribution in [2.24, 2.45) is 0 Å². The molecule has 96 valence electrons. The molecule has 0 heterocycles. The van der Waals surface area contributed by atoms with Gasteiger partial charge in [0.2, 0.25) is 0 Å². The van der Waals surface area contributed by atoms with E-state index in [9.17, 15) is 4.39 Å². The van der Waals surface area contributed by atoms with E-state index in [0.29, 0.717) is 17.8 Å². The summed E-state index contributed by atoms with van der Waals surface area (Å²) in [5, 5.41) is 9.06. The summed E-state index contributed by atoms with van der Waals surface area (Å²) in [4.78, 5) is 1.90. The van der Waals surface area contributed by atoms with Crippen molar-refractivity contribution in [1.82, 2.24) is 0 Å². The maximum Gasteiger partial charge on any atom is 0.125 e. The SMILES string of the molecule is CN(Cc1cc(N)cc(F)c1)c1ccccc1C#N. The van der Waals surface area contributed by atoms with Gasteiger partial charge in [0.25, 0.3) is 0 Å². The third-order valence-corrected chi connectivity index (χ3v) is 2.84. The lowest BCUT2D eigenvalue weighted by atomic mass is 10.1. The number of para-hydroxylation sites is 1. The number of benzene rings is 2. The third kappa shape index (κ3) is 3.02. The Balaban J connectivity index is 2.26. The molecular formula is C15H14FN3. The Morgan fingerprint density at radius 3 is 2.68 bits per heavy atom. The number of halogens is 1. The second-order valence-electron chi connectivity index (χ2n) is 4.38. The van der Waals surface area contributed by atoms with E-state index in [1.165, 1.54) is 12.1 Å². The summed E-state index contributed by atoms with van der Waals surface area (Å²) >= 11 is 0. The molecule has 2 rings (SSSR count). The van der Waals surface area contributed by atoms with Gasteiger partial charge in [-0.05, 0) is 35.9 Å². The first-order valence-corrected chi connectivity index (χ1v) is 5.85. The lowest BCUT2D eigenvalue weighted by molar-refractivity contribution is 0.626. The molecule has 3 nitrogen and oxygen atoms in total. The zero-order valence-electron chi connectivity index (χ0n) is 10.6. The Hall–Kier alpha value is -2.54. The zero-order valence-corrected chi connectivity index (χ0v) is 10.6. The van der Waals surface area contributed by atoms with E-state index >= 15 is 0 Å². The van der Waals surface area contributed by atoms with Crippen LogP contribution in [0.4, 0.5) is 15.8 Å². The minimum atomic E-state index is -0.350. The first-order chi connectivity index (χ1) is 9.10. The van der Waals surface area contributed by atoms with Gasteiger partial charge in [0, 0.05) is 19.3 Å². The van der Waals surface area contributed by atoms with E-state index in [-0.39, 0.29) is 5.82 Å². The molecular weight excluding hydrogens is 241 g/mol. The van der Waals surface area contributed by atoms with Crippen molar-refractivity contribution in [2.45, 2.75) is 6.54 Å². The summed E-state index contributed by atoms with van der Waals surface area (Å²) in [6.45, 7) is 0.487. The minimum absolute atomic E-state index is 0.350. The van der Waals surface area contributed by atoms with Gasteiger partial charge in [-0.2, -0.15) is 5.26 Å². The number of nitrogen functional groups attached to an aromatic ring is 1. The Morgan fingerprint density at radius 2 is 2.00 bits per heavy atom. The second-order valence-corrected chi connectivity index (χ2v) is 4.38. The zero-order chi connectivity index (χ0) is 13.8. The van der Waals surface area contributed by atoms with Crippen LogP contribution in [-0.4, -0.2) is 7.05 Å². The topological polar surface area (TPSA) is 53.0 Å². The first kappa shape index (κ1) is 12.9. The summed E-state index contributed by atoms with van der Waals surface area (Å²) in [6, 6.07) is 13.9. The quantitative estimate of drug-likeness (QED) is 0.858. The number of hydrogen-bond donors (Lipinski definition) is 1. The van der Waals surface area contributed by atoms with E-state index in [1.807, 2.05) is 30.1 Å². The largest absolute Gasteiger partial charge is 0.399 e. The van der Waals surface area contributed by atoms with E-state index < -0.39 is 0 Å². The molecule has 0 radical (unpaired) electrons. The third-order valence-electron chi connectivity index (χ3n) is 2.84. The van der Waals surface area contributed by atoms with Crippen molar-refractivity contribution in [2.75, 3.05) is 17.7 Å². The predicted octanol–water partition coefficient (Wildman–Crippen LogP) is 2.92. The van der Waals surface area contributed by atoms with Gasteiger partial charge in [-0.25, -0.2) is 4.39 Å². The smallest absolute Gasteiger partial charge is 0.125 e. The molecule has 0 aromatic heterocycles. The number of nitrogens with two attached hydrogens (primary N) is 1. The van der Waals surface area contributed by atoms with Gasteiger partial charge in [0.15, 0.2) is 0 Å². The number of hydrogen-bond acceptors (Lipinski definition) is 3. The number of rotatable bonds is 3. The number of nitrogens with zero attached hydrogens (tertiary/aromatic N) is 2. The highest BCUT2D eigenvalue weighted by Crippen LogP contribution is 2.21. The fourth-order valence-electron chi connectivity index (χ4n) is 2.03. The summed E-state index contributed by atoms with van der Waals surface area (Å²) in [6.07, 6.45) is 0. The molecule has 0 amide bonds. The fraction of sp³-hybridized carbons (Fsp3) is 0.133. The van der Waals surface area contributed by atoms with Crippen molar-refractivity contribution < 1.29 is 4.39 Å². The van der Waals surface area contributed by atoms with Crippen LogP contribution >= 0.6 is 0 Å². The first-order valence-electron chi connectivity index (χ1n) is 5.85. The summed E-state index contributed by atoms with van der Waals surface area (Å²) in [7, 11) is 1.86. The molecule has 0 atom stereocenters. The van der Waals surface area contributed by atoms with Gasteiger partial charge in [0.05, 0.1) is 11.3 Å². The van der Waals surface area contributed by atoms with Crippen LogP contribution in [0.25, 0.3) is 0 Å². The highest BCUT2D eigenvalue weighted by atomic mass is 19.1. The van der Waals surface area contributed by atoms with Gasteiger partial charge in [-0.3, -0.25) is 0 Å². The molecule has 0 fully saturated rings. The average Bonchev–Trinajstić information content (AvgIpc) is 2.37. The maximum atomic E-state index is 13.3. The van der Waals surface area contributed by atoms with Crippen molar-refractivity contribution in [3.8, 4) is 6.07 Å². The molecule has 2 N–H and O–H groups in total. The molecule has 0 saturated carbocycles. The van der Waals surface area contributed by atoms with Crippen molar-refractivity contribution in [3.63, 3.8) is 0 Å².